The molecule has 5 nitrogen and oxygen atoms in total. The van der Waals surface area contributed by atoms with E-state index in [0.717, 1.165) is 26.1 Å². The zero-order valence-electron chi connectivity index (χ0n) is 11.0. The van der Waals surface area contributed by atoms with E-state index in [1.807, 2.05) is 4.90 Å². The van der Waals surface area contributed by atoms with Crippen LogP contribution in [0.25, 0.3) is 0 Å². The van der Waals surface area contributed by atoms with Crippen LogP contribution in [0.4, 0.5) is 0 Å². The van der Waals surface area contributed by atoms with Gasteiger partial charge in [0.2, 0.25) is 0 Å². The van der Waals surface area contributed by atoms with Crippen LogP contribution in [-0.2, 0) is 0 Å². The van der Waals surface area contributed by atoms with E-state index in [1.165, 1.54) is 6.20 Å². The summed E-state index contributed by atoms with van der Waals surface area (Å²) in [6.45, 7) is 6.84. The van der Waals surface area contributed by atoms with E-state index in [-0.39, 0.29) is 5.91 Å². The molecule has 1 aromatic heterocycles. The third kappa shape index (κ3) is 3.04. The second kappa shape index (κ2) is 5.91. The van der Waals surface area contributed by atoms with Crippen LogP contribution in [0.5, 0.6) is 0 Å². The summed E-state index contributed by atoms with van der Waals surface area (Å²) in [5, 5.41) is 3.49. The van der Waals surface area contributed by atoms with Gasteiger partial charge in [-0.1, -0.05) is 13.8 Å². The van der Waals surface area contributed by atoms with E-state index in [0.29, 0.717) is 17.7 Å². The lowest BCUT2D eigenvalue weighted by atomic mass is 10.0. The van der Waals surface area contributed by atoms with Crippen LogP contribution in [-0.4, -0.2) is 46.5 Å². The van der Waals surface area contributed by atoms with E-state index < -0.39 is 0 Å². The second-order valence-electron chi connectivity index (χ2n) is 5.00. The average Bonchev–Trinajstić information content (AvgIpc) is 2.65. The van der Waals surface area contributed by atoms with Gasteiger partial charge in [0.05, 0.1) is 6.20 Å². The summed E-state index contributed by atoms with van der Waals surface area (Å²) < 4.78 is 0. The van der Waals surface area contributed by atoms with Gasteiger partial charge in [0.25, 0.3) is 5.91 Å². The minimum absolute atomic E-state index is 0.0162. The molecule has 1 saturated heterocycles. The van der Waals surface area contributed by atoms with Crippen molar-refractivity contribution in [2.24, 2.45) is 5.92 Å². The van der Waals surface area contributed by atoms with Crippen molar-refractivity contribution in [2.45, 2.75) is 26.3 Å². The van der Waals surface area contributed by atoms with Crippen LogP contribution in [0, 0.1) is 5.92 Å². The molecule has 0 aromatic carbocycles. The summed E-state index contributed by atoms with van der Waals surface area (Å²) in [6, 6.07) is 0.355. The van der Waals surface area contributed by atoms with Crippen LogP contribution in [0.1, 0.15) is 30.8 Å². The van der Waals surface area contributed by atoms with Crippen molar-refractivity contribution in [3.63, 3.8) is 0 Å². The van der Waals surface area contributed by atoms with Crippen LogP contribution in [0.3, 0.4) is 0 Å². The average molecular weight is 248 g/mol. The zero-order valence-corrected chi connectivity index (χ0v) is 11.0. The lowest BCUT2D eigenvalue weighted by Gasteiger charge is -2.26. The van der Waals surface area contributed by atoms with Gasteiger partial charge in [0.1, 0.15) is 5.69 Å². The molecular weight excluding hydrogens is 228 g/mol. The fourth-order valence-corrected chi connectivity index (χ4v) is 2.15. The number of carbonyl (C=O) groups is 1. The Labute approximate surface area is 108 Å². The number of nitrogens with one attached hydrogen (secondary N) is 1. The molecule has 1 aliphatic rings. The van der Waals surface area contributed by atoms with Gasteiger partial charge in [-0.25, -0.2) is 4.98 Å². The number of hydrogen-bond donors (Lipinski definition) is 1. The first kappa shape index (κ1) is 13.0. The Hall–Kier alpha value is -1.49. The predicted octanol–water partition coefficient (Wildman–Crippen LogP) is 0.937. The summed E-state index contributed by atoms with van der Waals surface area (Å²) in [5.41, 5.74) is 0.432. The highest BCUT2D eigenvalue weighted by Gasteiger charge is 2.24. The van der Waals surface area contributed by atoms with Crippen LogP contribution in [0.2, 0.25) is 0 Å². The number of carbonyl (C=O) groups excluding carboxylic acids is 1. The molecule has 18 heavy (non-hydrogen) atoms. The molecule has 1 fully saturated rings. The van der Waals surface area contributed by atoms with Gasteiger partial charge in [-0.3, -0.25) is 9.78 Å². The Morgan fingerprint density at radius 3 is 3.00 bits per heavy atom. The molecule has 1 atom stereocenters. The molecular formula is C13H20N4O. The zero-order chi connectivity index (χ0) is 13.0. The monoisotopic (exact) mass is 248 g/mol. The number of amides is 1. The number of hydrogen-bond acceptors (Lipinski definition) is 4. The van der Waals surface area contributed by atoms with Gasteiger partial charge >= 0.3 is 0 Å². The Bertz CT molecular complexity index is 393. The van der Waals surface area contributed by atoms with E-state index in [4.69, 9.17) is 0 Å². The topological polar surface area (TPSA) is 58.1 Å². The molecule has 0 saturated carbocycles. The van der Waals surface area contributed by atoms with Gasteiger partial charge in [-0.15, -0.1) is 0 Å². The van der Waals surface area contributed by atoms with Gasteiger partial charge in [-0.05, 0) is 18.9 Å². The highest BCUT2D eigenvalue weighted by Crippen LogP contribution is 2.10. The number of nitrogens with zero attached hydrogens (tertiary/aromatic N) is 3. The summed E-state index contributed by atoms with van der Waals surface area (Å²) in [5.74, 6) is 0.498. The van der Waals surface area contributed by atoms with Crippen molar-refractivity contribution in [1.29, 1.82) is 0 Å². The smallest absolute Gasteiger partial charge is 0.274 e. The Morgan fingerprint density at radius 2 is 2.33 bits per heavy atom. The molecule has 1 aliphatic heterocycles. The molecule has 0 aliphatic carbocycles. The highest BCUT2D eigenvalue weighted by molar-refractivity contribution is 5.92. The van der Waals surface area contributed by atoms with Crippen LogP contribution >= 0.6 is 0 Å². The fourth-order valence-electron chi connectivity index (χ4n) is 2.15. The summed E-state index contributed by atoms with van der Waals surface area (Å²) in [6.07, 6.45) is 5.65. The first-order chi connectivity index (χ1) is 8.68. The van der Waals surface area contributed by atoms with E-state index in [2.05, 4.69) is 29.1 Å². The molecule has 2 rings (SSSR count). The molecule has 1 aromatic rings. The Balaban J connectivity index is 2.09. The van der Waals surface area contributed by atoms with Gasteiger partial charge in [-0.2, -0.15) is 0 Å². The van der Waals surface area contributed by atoms with Crippen LogP contribution < -0.4 is 5.32 Å². The Kier molecular flexibility index (Phi) is 4.25. The lowest BCUT2D eigenvalue weighted by molar-refractivity contribution is 0.0739. The summed E-state index contributed by atoms with van der Waals surface area (Å²) in [4.78, 5) is 22.2. The molecule has 1 N–H and O–H groups in total. The predicted molar refractivity (Wildman–Crippen MR) is 69.2 cm³/mol. The first-order valence-corrected chi connectivity index (χ1v) is 6.47. The van der Waals surface area contributed by atoms with Crippen LogP contribution in [0.15, 0.2) is 18.6 Å². The fraction of sp³-hybridized carbons (Fsp3) is 0.615. The molecule has 0 radical (unpaired) electrons. The number of aromatic nitrogens is 2. The molecule has 2 heterocycles. The minimum atomic E-state index is -0.0162. The van der Waals surface area contributed by atoms with E-state index in [9.17, 15) is 4.79 Å². The number of rotatable bonds is 2. The lowest BCUT2D eigenvalue weighted by Crippen LogP contribution is -2.43. The molecule has 1 amide bonds. The molecule has 0 spiro atoms. The second-order valence-corrected chi connectivity index (χ2v) is 5.00. The van der Waals surface area contributed by atoms with Gasteiger partial charge < -0.3 is 10.2 Å². The Morgan fingerprint density at radius 1 is 1.50 bits per heavy atom. The van der Waals surface area contributed by atoms with Crippen molar-refractivity contribution >= 4 is 5.91 Å². The van der Waals surface area contributed by atoms with Crippen molar-refractivity contribution in [3.05, 3.63) is 24.3 Å². The maximum atomic E-state index is 12.3. The summed E-state index contributed by atoms with van der Waals surface area (Å²) in [7, 11) is 0. The first-order valence-electron chi connectivity index (χ1n) is 6.47. The maximum absolute atomic E-state index is 12.3. The third-order valence-corrected chi connectivity index (χ3v) is 3.30. The van der Waals surface area contributed by atoms with E-state index in [1.54, 1.807) is 12.4 Å². The molecule has 0 bridgehead atoms. The minimum Gasteiger partial charge on any atom is -0.336 e. The molecule has 98 valence electrons. The normalized spacial score (nSPS) is 20.8. The highest BCUT2D eigenvalue weighted by atomic mass is 16.2. The van der Waals surface area contributed by atoms with Crippen molar-refractivity contribution in [3.8, 4) is 0 Å². The van der Waals surface area contributed by atoms with Gasteiger partial charge in [0.15, 0.2) is 0 Å². The van der Waals surface area contributed by atoms with Gasteiger partial charge in [0, 0.05) is 31.5 Å². The van der Waals surface area contributed by atoms with Crippen molar-refractivity contribution < 1.29 is 4.79 Å². The summed E-state index contributed by atoms with van der Waals surface area (Å²) >= 11 is 0. The standard InChI is InChI=1S/C13H20N4O/c1-10(2)12-9-17(7-3-4-15-12)13(18)11-8-14-5-6-16-11/h5-6,8,10,12,15H,3-4,7,9H2,1-2H3. The molecule has 1 unspecified atom stereocenters. The SMILES string of the molecule is CC(C)C1CN(C(=O)c2cnccn2)CCCN1. The van der Waals surface area contributed by atoms with E-state index >= 15 is 0 Å². The maximum Gasteiger partial charge on any atom is 0.274 e. The molecule has 5 heteroatoms. The largest absolute Gasteiger partial charge is 0.336 e. The quantitative estimate of drug-likeness (QED) is 0.846. The third-order valence-electron chi connectivity index (χ3n) is 3.30. The van der Waals surface area contributed by atoms with Crippen molar-refractivity contribution in [1.82, 2.24) is 20.2 Å². The van der Waals surface area contributed by atoms with Crippen molar-refractivity contribution in [2.75, 3.05) is 19.6 Å².